The molecule has 0 heterocycles. The molecule has 0 atom stereocenters. The predicted octanol–water partition coefficient (Wildman–Crippen LogP) is 3.22. The van der Waals surface area contributed by atoms with Crippen LogP contribution in [0.5, 0.6) is 5.75 Å². The molecule has 0 spiro atoms. The van der Waals surface area contributed by atoms with Crippen LogP contribution in [0.4, 0.5) is 4.39 Å². The van der Waals surface area contributed by atoms with E-state index in [-0.39, 0.29) is 5.82 Å². The molecule has 4 heteroatoms. The Hall–Kier alpha value is -1.13. The average Bonchev–Trinajstić information content (AvgIpc) is 2.91. The zero-order valence-electron chi connectivity index (χ0n) is 12.9. The standard InChI is InChI=1S/C17H26FNO2/c1-19(13-11-17(20)9-2-3-10-17)12-4-14-21-16-7-5-15(18)6-8-16/h5-8,20H,2-4,9-14H2,1H3. The number of hydrogen-bond acceptors (Lipinski definition) is 3. The summed E-state index contributed by atoms with van der Waals surface area (Å²) in [5.74, 6) is 0.464. The van der Waals surface area contributed by atoms with Crippen molar-refractivity contribution >= 4 is 0 Å². The van der Waals surface area contributed by atoms with Gasteiger partial charge in [-0.25, -0.2) is 4.39 Å². The van der Waals surface area contributed by atoms with Gasteiger partial charge in [0.05, 0.1) is 12.2 Å². The summed E-state index contributed by atoms with van der Waals surface area (Å²) in [7, 11) is 2.08. The van der Waals surface area contributed by atoms with Gasteiger partial charge in [0.15, 0.2) is 0 Å². The highest BCUT2D eigenvalue weighted by Crippen LogP contribution is 2.32. The van der Waals surface area contributed by atoms with Gasteiger partial charge in [-0.15, -0.1) is 0 Å². The third kappa shape index (κ3) is 5.64. The van der Waals surface area contributed by atoms with Gasteiger partial charge in [0.1, 0.15) is 11.6 Å². The number of ether oxygens (including phenoxy) is 1. The number of hydrogen-bond donors (Lipinski definition) is 1. The summed E-state index contributed by atoms with van der Waals surface area (Å²) >= 11 is 0. The van der Waals surface area contributed by atoms with Crippen molar-refractivity contribution in [2.24, 2.45) is 0 Å². The zero-order valence-corrected chi connectivity index (χ0v) is 12.9. The lowest BCUT2D eigenvalue weighted by Crippen LogP contribution is -2.32. The number of nitrogens with zero attached hydrogens (tertiary/aromatic N) is 1. The maximum Gasteiger partial charge on any atom is 0.123 e. The first-order valence-corrected chi connectivity index (χ1v) is 7.87. The van der Waals surface area contributed by atoms with Crippen molar-refractivity contribution in [2.75, 3.05) is 26.7 Å². The van der Waals surface area contributed by atoms with E-state index in [0.717, 1.165) is 51.6 Å². The van der Waals surface area contributed by atoms with Crippen LogP contribution >= 0.6 is 0 Å². The Kier molecular flexibility index (Phi) is 6.00. The molecular weight excluding hydrogens is 269 g/mol. The van der Waals surface area contributed by atoms with Crippen LogP contribution in [0, 0.1) is 5.82 Å². The van der Waals surface area contributed by atoms with Crippen molar-refractivity contribution in [2.45, 2.75) is 44.1 Å². The van der Waals surface area contributed by atoms with Crippen molar-refractivity contribution in [3.8, 4) is 5.75 Å². The Bertz CT molecular complexity index is 415. The minimum Gasteiger partial charge on any atom is -0.494 e. The lowest BCUT2D eigenvalue weighted by molar-refractivity contribution is 0.0301. The van der Waals surface area contributed by atoms with E-state index in [1.165, 1.54) is 12.1 Å². The molecule has 2 rings (SSSR count). The van der Waals surface area contributed by atoms with E-state index in [0.29, 0.717) is 12.4 Å². The Balaban J connectivity index is 1.56. The number of aliphatic hydroxyl groups is 1. The molecule has 21 heavy (non-hydrogen) atoms. The Morgan fingerprint density at radius 1 is 1.19 bits per heavy atom. The van der Waals surface area contributed by atoms with Crippen LogP contribution in [0.15, 0.2) is 24.3 Å². The van der Waals surface area contributed by atoms with Gasteiger partial charge in [0.25, 0.3) is 0 Å². The number of rotatable bonds is 8. The molecule has 118 valence electrons. The molecule has 1 aliphatic carbocycles. The van der Waals surface area contributed by atoms with Crippen molar-refractivity contribution in [1.29, 1.82) is 0 Å². The van der Waals surface area contributed by atoms with E-state index in [2.05, 4.69) is 11.9 Å². The second kappa shape index (κ2) is 7.76. The third-order valence-corrected chi connectivity index (χ3v) is 4.26. The van der Waals surface area contributed by atoms with Crippen molar-refractivity contribution in [1.82, 2.24) is 4.90 Å². The average molecular weight is 295 g/mol. The largest absolute Gasteiger partial charge is 0.494 e. The van der Waals surface area contributed by atoms with Crippen LogP contribution in [0.3, 0.4) is 0 Å². The lowest BCUT2D eigenvalue weighted by atomic mass is 9.98. The minimum absolute atomic E-state index is 0.244. The van der Waals surface area contributed by atoms with E-state index in [9.17, 15) is 9.50 Å². The minimum atomic E-state index is -0.418. The zero-order chi connectivity index (χ0) is 15.1. The molecule has 1 aromatic carbocycles. The van der Waals surface area contributed by atoms with Gasteiger partial charge in [-0.05, 0) is 57.0 Å². The van der Waals surface area contributed by atoms with E-state index in [4.69, 9.17) is 4.74 Å². The van der Waals surface area contributed by atoms with Crippen LogP contribution in [0.2, 0.25) is 0 Å². The highest BCUT2D eigenvalue weighted by atomic mass is 19.1. The van der Waals surface area contributed by atoms with Gasteiger partial charge in [-0.3, -0.25) is 0 Å². The van der Waals surface area contributed by atoms with Gasteiger partial charge < -0.3 is 14.7 Å². The molecule has 0 radical (unpaired) electrons. The summed E-state index contributed by atoms with van der Waals surface area (Å²) in [6.45, 7) is 2.49. The van der Waals surface area contributed by atoms with Crippen LogP contribution in [-0.4, -0.2) is 42.4 Å². The fourth-order valence-corrected chi connectivity index (χ4v) is 2.85. The summed E-state index contributed by atoms with van der Waals surface area (Å²) in [6.07, 6.45) is 6.01. The number of halogens is 1. The Morgan fingerprint density at radius 3 is 2.52 bits per heavy atom. The summed E-state index contributed by atoms with van der Waals surface area (Å²) in [5.41, 5.74) is -0.418. The van der Waals surface area contributed by atoms with Gasteiger partial charge in [-0.2, -0.15) is 0 Å². The summed E-state index contributed by atoms with van der Waals surface area (Å²) < 4.78 is 18.3. The lowest BCUT2D eigenvalue weighted by Gasteiger charge is -2.25. The van der Waals surface area contributed by atoms with E-state index >= 15 is 0 Å². The first-order valence-electron chi connectivity index (χ1n) is 7.87. The highest BCUT2D eigenvalue weighted by molar-refractivity contribution is 5.21. The first kappa shape index (κ1) is 16.2. The fraction of sp³-hybridized carbons (Fsp3) is 0.647. The normalized spacial score (nSPS) is 17.3. The van der Waals surface area contributed by atoms with Crippen LogP contribution in [0.1, 0.15) is 38.5 Å². The van der Waals surface area contributed by atoms with Gasteiger partial charge in [0.2, 0.25) is 0 Å². The van der Waals surface area contributed by atoms with Gasteiger partial charge >= 0.3 is 0 Å². The Labute approximate surface area is 126 Å². The van der Waals surface area contributed by atoms with Crippen LogP contribution in [-0.2, 0) is 0 Å². The monoisotopic (exact) mass is 295 g/mol. The maximum absolute atomic E-state index is 12.7. The highest BCUT2D eigenvalue weighted by Gasteiger charge is 2.30. The summed E-state index contributed by atoms with van der Waals surface area (Å²) in [5, 5.41) is 10.3. The molecule has 0 unspecified atom stereocenters. The maximum atomic E-state index is 12.7. The molecule has 0 aliphatic heterocycles. The van der Waals surface area contributed by atoms with E-state index in [1.807, 2.05) is 0 Å². The molecule has 1 saturated carbocycles. The number of benzene rings is 1. The molecule has 0 amide bonds. The van der Waals surface area contributed by atoms with E-state index in [1.54, 1.807) is 12.1 Å². The van der Waals surface area contributed by atoms with Crippen molar-refractivity contribution in [3.05, 3.63) is 30.1 Å². The molecule has 1 aromatic rings. The van der Waals surface area contributed by atoms with Crippen molar-refractivity contribution < 1.29 is 14.2 Å². The molecule has 0 saturated heterocycles. The van der Waals surface area contributed by atoms with Gasteiger partial charge in [-0.1, -0.05) is 12.8 Å². The SMILES string of the molecule is CN(CCCOc1ccc(F)cc1)CCC1(O)CCCC1. The Morgan fingerprint density at radius 2 is 1.86 bits per heavy atom. The third-order valence-electron chi connectivity index (χ3n) is 4.26. The smallest absolute Gasteiger partial charge is 0.123 e. The molecular formula is C17H26FNO2. The summed E-state index contributed by atoms with van der Waals surface area (Å²) in [6, 6.07) is 6.11. The van der Waals surface area contributed by atoms with Crippen LogP contribution in [0.25, 0.3) is 0 Å². The van der Waals surface area contributed by atoms with Crippen molar-refractivity contribution in [3.63, 3.8) is 0 Å². The fourth-order valence-electron chi connectivity index (χ4n) is 2.85. The predicted molar refractivity (Wildman–Crippen MR) is 82.0 cm³/mol. The molecule has 1 fully saturated rings. The second-order valence-corrected chi connectivity index (χ2v) is 6.14. The summed E-state index contributed by atoms with van der Waals surface area (Å²) in [4.78, 5) is 2.24. The molecule has 3 nitrogen and oxygen atoms in total. The molecule has 1 N–H and O–H groups in total. The first-order chi connectivity index (χ1) is 10.1. The molecule has 0 aromatic heterocycles. The van der Waals surface area contributed by atoms with Crippen LogP contribution < -0.4 is 4.74 Å². The topological polar surface area (TPSA) is 32.7 Å². The molecule has 1 aliphatic rings. The van der Waals surface area contributed by atoms with E-state index < -0.39 is 5.60 Å². The molecule has 0 bridgehead atoms. The van der Waals surface area contributed by atoms with Gasteiger partial charge in [0, 0.05) is 13.1 Å². The quantitative estimate of drug-likeness (QED) is 0.747. The second-order valence-electron chi connectivity index (χ2n) is 6.14.